The normalized spacial score (nSPS) is 13.0. The smallest absolute Gasteiger partial charge is 0.408 e. The van der Waals surface area contributed by atoms with Crippen LogP contribution in [0.4, 0.5) is 4.79 Å². The van der Waals surface area contributed by atoms with Crippen molar-refractivity contribution in [1.29, 1.82) is 0 Å². The van der Waals surface area contributed by atoms with Crippen LogP contribution in [0.25, 0.3) is 0 Å². The van der Waals surface area contributed by atoms with Gasteiger partial charge in [-0.3, -0.25) is 14.4 Å². The van der Waals surface area contributed by atoms with Crippen LogP contribution < -0.4 is 21.3 Å². The molecule has 3 atom stereocenters. The summed E-state index contributed by atoms with van der Waals surface area (Å²) in [6, 6.07) is 14.4. The number of hydrogen-bond acceptors (Lipinski definition) is 6. The third-order valence-electron chi connectivity index (χ3n) is 6.06. The molecule has 222 valence electrons. The molecule has 0 bridgehead atoms. The number of benzene rings is 2. The second-order valence-corrected chi connectivity index (χ2v) is 10.4. The van der Waals surface area contributed by atoms with E-state index in [1.165, 1.54) is 0 Å². The van der Waals surface area contributed by atoms with Crippen molar-refractivity contribution in [2.45, 2.75) is 65.3 Å². The second kappa shape index (κ2) is 16.6. The lowest BCUT2D eigenvalue weighted by molar-refractivity contribution is -0.142. The van der Waals surface area contributed by atoms with Gasteiger partial charge in [-0.25, -0.2) is 9.59 Å². The van der Waals surface area contributed by atoms with Crippen molar-refractivity contribution < 1.29 is 33.8 Å². The average Bonchev–Trinajstić information content (AvgIpc) is 2.93. The van der Waals surface area contributed by atoms with E-state index in [2.05, 4.69) is 21.3 Å². The maximum atomic E-state index is 13.4. The van der Waals surface area contributed by atoms with Gasteiger partial charge in [0.25, 0.3) is 0 Å². The van der Waals surface area contributed by atoms with Gasteiger partial charge in [0, 0.05) is 18.9 Å². The summed E-state index contributed by atoms with van der Waals surface area (Å²) in [4.78, 5) is 62.9. The highest BCUT2D eigenvalue weighted by Gasteiger charge is 2.30. The van der Waals surface area contributed by atoms with Crippen LogP contribution in [0.3, 0.4) is 0 Å². The molecule has 0 saturated heterocycles. The van der Waals surface area contributed by atoms with Crippen LogP contribution in [0.15, 0.2) is 60.7 Å². The number of hydrogen-bond donors (Lipinski definition) is 5. The monoisotopic (exact) mass is 568 g/mol. The Bertz CT molecular complexity index is 1160. The first-order chi connectivity index (χ1) is 19.5. The highest BCUT2D eigenvalue weighted by molar-refractivity contribution is 5.93. The van der Waals surface area contributed by atoms with Crippen LogP contribution in [0.5, 0.6) is 0 Å². The molecule has 0 radical (unpaired) electrons. The van der Waals surface area contributed by atoms with Crippen molar-refractivity contribution in [3.8, 4) is 0 Å². The van der Waals surface area contributed by atoms with Crippen LogP contribution in [0.2, 0.25) is 0 Å². The summed E-state index contributed by atoms with van der Waals surface area (Å²) in [5.41, 5.74) is 1.51. The Kier molecular flexibility index (Phi) is 13.3. The number of carboxylic acid groups (broad SMARTS) is 1. The summed E-state index contributed by atoms with van der Waals surface area (Å²) < 4.78 is 5.27. The average molecular weight is 569 g/mol. The number of carbonyl (C=O) groups excluding carboxylic acids is 4. The van der Waals surface area contributed by atoms with Crippen molar-refractivity contribution in [2.75, 3.05) is 6.54 Å². The number of carbonyl (C=O) groups is 5. The molecular weight excluding hydrogens is 528 g/mol. The second-order valence-electron chi connectivity index (χ2n) is 10.4. The molecule has 0 heterocycles. The van der Waals surface area contributed by atoms with Gasteiger partial charge in [0.15, 0.2) is 0 Å². The van der Waals surface area contributed by atoms with Gasteiger partial charge in [-0.15, -0.1) is 0 Å². The Labute approximate surface area is 240 Å². The number of rotatable bonds is 15. The van der Waals surface area contributed by atoms with Gasteiger partial charge < -0.3 is 31.1 Å². The van der Waals surface area contributed by atoms with Crippen LogP contribution in [0.1, 0.15) is 45.2 Å². The van der Waals surface area contributed by atoms with Crippen molar-refractivity contribution in [2.24, 2.45) is 11.8 Å². The molecule has 11 nitrogen and oxygen atoms in total. The molecule has 2 rings (SSSR count). The minimum absolute atomic E-state index is 0.0162. The number of ether oxygens (including phenoxy) is 1. The fourth-order valence-corrected chi connectivity index (χ4v) is 3.82. The van der Waals surface area contributed by atoms with Gasteiger partial charge in [0.05, 0.1) is 0 Å². The Morgan fingerprint density at radius 2 is 1.24 bits per heavy atom. The molecule has 41 heavy (non-hydrogen) atoms. The summed E-state index contributed by atoms with van der Waals surface area (Å²) in [7, 11) is 0. The van der Waals surface area contributed by atoms with E-state index in [-0.39, 0.29) is 43.7 Å². The Morgan fingerprint density at radius 3 is 1.78 bits per heavy atom. The standard InChI is InChI=1S/C30H40N4O7/c1-19(2)15-23(34-30(40)41-18-22-13-9-6-10-14-22)27(36)32-24(16-21-11-7-5-8-12-21)28(37)33-25(29(38)39)17-31-26(35)20(3)4/h5-14,19-20,23-25H,15-18H2,1-4H3,(H,31,35)(H,32,36)(H,33,37)(H,34,40)(H,38,39)/t23-,24-,25-/m0/s1. The molecule has 0 unspecified atom stereocenters. The van der Waals surface area contributed by atoms with E-state index >= 15 is 0 Å². The van der Waals surface area contributed by atoms with Gasteiger partial charge in [-0.05, 0) is 23.5 Å². The molecule has 0 aliphatic heterocycles. The van der Waals surface area contributed by atoms with Crippen LogP contribution in [-0.2, 0) is 36.9 Å². The zero-order chi connectivity index (χ0) is 30.4. The summed E-state index contributed by atoms with van der Waals surface area (Å²) >= 11 is 0. The quantitative estimate of drug-likeness (QED) is 0.220. The summed E-state index contributed by atoms with van der Waals surface area (Å²) in [5, 5.41) is 19.8. The van der Waals surface area contributed by atoms with Crippen molar-refractivity contribution in [3.63, 3.8) is 0 Å². The topological polar surface area (TPSA) is 163 Å². The van der Waals surface area contributed by atoms with Crippen LogP contribution in [0, 0.1) is 11.8 Å². The van der Waals surface area contributed by atoms with Crippen molar-refractivity contribution in [1.82, 2.24) is 21.3 Å². The molecule has 0 saturated carbocycles. The first kappa shape index (κ1) is 32.8. The largest absolute Gasteiger partial charge is 0.480 e. The Balaban J connectivity index is 2.16. The lowest BCUT2D eigenvalue weighted by Gasteiger charge is -2.25. The molecule has 5 N–H and O–H groups in total. The zero-order valence-corrected chi connectivity index (χ0v) is 23.9. The van der Waals surface area contributed by atoms with Gasteiger partial charge in [0.2, 0.25) is 17.7 Å². The van der Waals surface area contributed by atoms with Gasteiger partial charge >= 0.3 is 12.1 Å². The highest BCUT2D eigenvalue weighted by atomic mass is 16.5. The van der Waals surface area contributed by atoms with E-state index < -0.39 is 42.0 Å². The van der Waals surface area contributed by atoms with E-state index in [9.17, 15) is 29.1 Å². The number of amides is 4. The molecule has 0 aromatic heterocycles. The van der Waals surface area contributed by atoms with Crippen LogP contribution >= 0.6 is 0 Å². The predicted octanol–water partition coefficient (Wildman–Crippen LogP) is 2.40. The zero-order valence-electron chi connectivity index (χ0n) is 23.9. The van der Waals surface area contributed by atoms with Gasteiger partial charge in [0.1, 0.15) is 24.7 Å². The molecule has 2 aromatic rings. The molecule has 2 aromatic carbocycles. The first-order valence-electron chi connectivity index (χ1n) is 13.6. The fourth-order valence-electron chi connectivity index (χ4n) is 3.82. The summed E-state index contributed by atoms with van der Waals surface area (Å²) in [6.07, 6.45) is -0.452. The van der Waals surface area contributed by atoms with Gasteiger partial charge in [-0.2, -0.15) is 0 Å². The maximum absolute atomic E-state index is 13.4. The number of nitrogens with one attached hydrogen (secondary N) is 4. The minimum atomic E-state index is -1.42. The number of aliphatic carboxylic acids is 1. The third-order valence-corrected chi connectivity index (χ3v) is 6.06. The molecule has 0 aliphatic carbocycles. The molecule has 0 aliphatic rings. The molecule has 0 fully saturated rings. The fraction of sp³-hybridized carbons (Fsp3) is 0.433. The predicted molar refractivity (Wildman–Crippen MR) is 152 cm³/mol. The van der Waals surface area contributed by atoms with Crippen molar-refractivity contribution in [3.05, 3.63) is 71.8 Å². The number of alkyl carbamates (subject to hydrolysis) is 1. The summed E-state index contributed by atoms with van der Waals surface area (Å²) in [6.45, 7) is 6.78. The Morgan fingerprint density at radius 1 is 0.707 bits per heavy atom. The molecule has 0 spiro atoms. The molecule has 11 heteroatoms. The highest BCUT2D eigenvalue weighted by Crippen LogP contribution is 2.09. The lowest BCUT2D eigenvalue weighted by Crippen LogP contribution is -2.58. The van der Waals surface area contributed by atoms with Gasteiger partial charge in [-0.1, -0.05) is 88.4 Å². The first-order valence-corrected chi connectivity index (χ1v) is 13.6. The van der Waals surface area contributed by atoms with E-state index in [1.54, 1.807) is 56.3 Å². The molecular formula is C30H40N4O7. The lowest BCUT2D eigenvalue weighted by atomic mass is 10.0. The van der Waals surface area contributed by atoms with E-state index in [1.807, 2.05) is 32.0 Å². The van der Waals surface area contributed by atoms with E-state index in [0.717, 1.165) is 11.1 Å². The number of carboxylic acids is 1. The van der Waals surface area contributed by atoms with E-state index in [0.29, 0.717) is 0 Å². The maximum Gasteiger partial charge on any atom is 0.408 e. The summed E-state index contributed by atoms with van der Waals surface area (Å²) in [5.74, 6) is -3.42. The minimum Gasteiger partial charge on any atom is -0.480 e. The van der Waals surface area contributed by atoms with E-state index in [4.69, 9.17) is 4.74 Å². The van der Waals surface area contributed by atoms with Crippen molar-refractivity contribution >= 4 is 29.8 Å². The molecule has 4 amide bonds. The third kappa shape index (κ3) is 12.1. The van der Waals surface area contributed by atoms with Crippen LogP contribution in [-0.4, -0.2) is 59.6 Å². The SMILES string of the molecule is CC(C)C[C@H](NC(=O)OCc1ccccc1)C(=O)N[C@@H](Cc1ccccc1)C(=O)N[C@@H](CNC(=O)C(C)C)C(=O)O. The Hall–Kier alpha value is -4.41.